The van der Waals surface area contributed by atoms with E-state index in [0.717, 1.165) is 45.2 Å². The van der Waals surface area contributed by atoms with Crippen molar-refractivity contribution in [2.75, 3.05) is 13.1 Å². The summed E-state index contributed by atoms with van der Waals surface area (Å²) < 4.78 is 0. The average molecular weight is 212 g/mol. The van der Waals surface area contributed by atoms with Crippen molar-refractivity contribution in [1.29, 1.82) is 0 Å². The molecule has 3 nitrogen and oxygen atoms in total. The minimum absolute atomic E-state index is 0.340. The van der Waals surface area contributed by atoms with Gasteiger partial charge in [0.05, 0.1) is 5.60 Å². The van der Waals surface area contributed by atoms with Crippen molar-refractivity contribution < 1.29 is 5.11 Å². The maximum absolute atomic E-state index is 10.8. The van der Waals surface area contributed by atoms with Crippen LogP contribution >= 0.6 is 0 Å². The average Bonchev–Trinajstić information content (AvgIpc) is 2.18. The molecule has 88 valence electrons. The lowest BCUT2D eigenvalue weighted by Crippen LogP contribution is -2.65. The van der Waals surface area contributed by atoms with Gasteiger partial charge in [0.15, 0.2) is 0 Å². The normalized spacial score (nSPS) is 41.4. The lowest BCUT2D eigenvalue weighted by molar-refractivity contribution is -0.0869. The summed E-state index contributed by atoms with van der Waals surface area (Å²) in [6.45, 7) is 4.13. The summed E-state index contributed by atoms with van der Waals surface area (Å²) in [5.74, 6) is 0.624. The van der Waals surface area contributed by atoms with Crippen molar-refractivity contribution in [3.05, 3.63) is 0 Å². The third kappa shape index (κ3) is 2.05. The zero-order valence-corrected chi connectivity index (χ0v) is 9.76. The maximum Gasteiger partial charge on any atom is 0.0829 e. The minimum atomic E-state index is -0.604. The van der Waals surface area contributed by atoms with E-state index in [1.54, 1.807) is 0 Å². The van der Waals surface area contributed by atoms with Crippen LogP contribution in [0.4, 0.5) is 0 Å². The molecule has 2 atom stereocenters. The van der Waals surface area contributed by atoms with Crippen molar-refractivity contribution in [2.45, 2.75) is 56.6 Å². The zero-order chi connectivity index (χ0) is 10.9. The number of aliphatic hydroxyl groups is 1. The van der Waals surface area contributed by atoms with Gasteiger partial charge in [0.25, 0.3) is 0 Å². The molecule has 1 heterocycles. The first kappa shape index (κ1) is 11.4. The second kappa shape index (κ2) is 4.04. The van der Waals surface area contributed by atoms with E-state index in [1.165, 1.54) is 6.42 Å². The van der Waals surface area contributed by atoms with E-state index in [4.69, 9.17) is 5.73 Å². The molecule has 0 radical (unpaired) electrons. The predicted octanol–water partition coefficient (Wildman–Crippen LogP) is 1.01. The first-order chi connectivity index (χ1) is 7.06. The molecule has 0 amide bonds. The van der Waals surface area contributed by atoms with E-state index < -0.39 is 5.60 Å². The fourth-order valence-electron chi connectivity index (χ4n) is 3.31. The number of rotatable bonds is 1. The standard InChI is InChI=1S/C12H24N2O/c1-10-3-2-4-12(15,9-10)11(13)5-7-14-8-6-11/h10,14-15H,2-9,13H2,1H3. The molecule has 4 N–H and O–H groups in total. The van der Waals surface area contributed by atoms with Gasteiger partial charge in [-0.25, -0.2) is 0 Å². The molecule has 3 heteroatoms. The summed E-state index contributed by atoms with van der Waals surface area (Å²) >= 11 is 0. The summed E-state index contributed by atoms with van der Waals surface area (Å²) in [6.07, 6.45) is 5.99. The van der Waals surface area contributed by atoms with Gasteiger partial charge < -0.3 is 16.2 Å². The fourth-order valence-corrected chi connectivity index (χ4v) is 3.31. The number of nitrogens with one attached hydrogen (secondary N) is 1. The highest BCUT2D eigenvalue weighted by atomic mass is 16.3. The highest BCUT2D eigenvalue weighted by Gasteiger charge is 2.49. The van der Waals surface area contributed by atoms with Gasteiger partial charge >= 0.3 is 0 Å². The van der Waals surface area contributed by atoms with Gasteiger partial charge in [0.1, 0.15) is 0 Å². The molecule has 0 bridgehead atoms. The Bertz CT molecular complexity index is 226. The first-order valence-corrected chi connectivity index (χ1v) is 6.28. The molecular weight excluding hydrogens is 188 g/mol. The Labute approximate surface area is 92.4 Å². The van der Waals surface area contributed by atoms with Crippen LogP contribution in [-0.2, 0) is 0 Å². The van der Waals surface area contributed by atoms with Crippen LogP contribution in [0.2, 0.25) is 0 Å². The van der Waals surface area contributed by atoms with Crippen LogP contribution in [0.25, 0.3) is 0 Å². The van der Waals surface area contributed by atoms with E-state index >= 15 is 0 Å². The quantitative estimate of drug-likeness (QED) is 0.608. The van der Waals surface area contributed by atoms with Gasteiger partial charge in [-0.1, -0.05) is 19.8 Å². The molecule has 1 aliphatic heterocycles. The van der Waals surface area contributed by atoms with Crippen LogP contribution in [0.15, 0.2) is 0 Å². The highest BCUT2D eigenvalue weighted by molar-refractivity contribution is 5.07. The SMILES string of the molecule is CC1CCCC(O)(C2(N)CCNCC2)C1. The Balaban J connectivity index is 2.11. The number of hydrogen-bond acceptors (Lipinski definition) is 3. The zero-order valence-electron chi connectivity index (χ0n) is 9.76. The fraction of sp³-hybridized carbons (Fsp3) is 1.00. The third-order valence-corrected chi connectivity index (χ3v) is 4.40. The Kier molecular flexibility index (Phi) is 3.06. The molecule has 1 aliphatic carbocycles. The van der Waals surface area contributed by atoms with Crippen molar-refractivity contribution in [1.82, 2.24) is 5.32 Å². The van der Waals surface area contributed by atoms with Crippen molar-refractivity contribution in [3.63, 3.8) is 0 Å². The molecule has 0 aromatic heterocycles. The second-order valence-electron chi connectivity index (χ2n) is 5.64. The predicted molar refractivity (Wildman–Crippen MR) is 61.6 cm³/mol. The van der Waals surface area contributed by atoms with E-state index in [2.05, 4.69) is 12.2 Å². The van der Waals surface area contributed by atoms with Gasteiger partial charge in [-0.05, 0) is 44.7 Å². The van der Waals surface area contributed by atoms with Crippen LogP contribution in [0.3, 0.4) is 0 Å². The van der Waals surface area contributed by atoms with Gasteiger partial charge in [-0.3, -0.25) is 0 Å². The maximum atomic E-state index is 10.8. The van der Waals surface area contributed by atoms with Crippen LogP contribution < -0.4 is 11.1 Å². The van der Waals surface area contributed by atoms with Crippen LogP contribution in [0.1, 0.15) is 45.4 Å². The third-order valence-electron chi connectivity index (χ3n) is 4.40. The smallest absolute Gasteiger partial charge is 0.0829 e. The van der Waals surface area contributed by atoms with E-state index in [1.807, 2.05) is 0 Å². The molecule has 2 fully saturated rings. The van der Waals surface area contributed by atoms with Crippen molar-refractivity contribution in [3.8, 4) is 0 Å². The molecular formula is C12H24N2O. The van der Waals surface area contributed by atoms with E-state index in [0.29, 0.717) is 5.92 Å². The largest absolute Gasteiger partial charge is 0.388 e. The molecule has 2 aliphatic rings. The Hall–Kier alpha value is -0.120. The number of piperidine rings is 1. The molecule has 2 unspecified atom stereocenters. The first-order valence-electron chi connectivity index (χ1n) is 6.28. The van der Waals surface area contributed by atoms with Crippen LogP contribution in [0, 0.1) is 5.92 Å². The van der Waals surface area contributed by atoms with E-state index in [-0.39, 0.29) is 5.54 Å². The minimum Gasteiger partial charge on any atom is -0.388 e. The molecule has 1 saturated carbocycles. The van der Waals surface area contributed by atoms with E-state index in [9.17, 15) is 5.11 Å². The van der Waals surface area contributed by atoms with Gasteiger partial charge in [-0.15, -0.1) is 0 Å². The van der Waals surface area contributed by atoms with Crippen molar-refractivity contribution >= 4 is 0 Å². The van der Waals surface area contributed by atoms with Gasteiger partial charge in [0, 0.05) is 5.54 Å². The molecule has 0 aromatic carbocycles. The molecule has 1 saturated heterocycles. The van der Waals surface area contributed by atoms with Crippen molar-refractivity contribution in [2.24, 2.45) is 11.7 Å². The molecule has 15 heavy (non-hydrogen) atoms. The summed E-state index contributed by atoms with van der Waals surface area (Å²) in [4.78, 5) is 0. The summed E-state index contributed by atoms with van der Waals surface area (Å²) in [6, 6.07) is 0. The molecule has 0 aromatic rings. The Morgan fingerprint density at radius 2 is 1.93 bits per heavy atom. The van der Waals surface area contributed by atoms with Gasteiger partial charge in [0.2, 0.25) is 0 Å². The highest BCUT2D eigenvalue weighted by Crippen LogP contribution is 2.41. The summed E-state index contributed by atoms with van der Waals surface area (Å²) in [5.41, 5.74) is 5.50. The van der Waals surface area contributed by atoms with Gasteiger partial charge in [-0.2, -0.15) is 0 Å². The monoisotopic (exact) mass is 212 g/mol. The lowest BCUT2D eigenvalue weighted by atomic mass is 9.65. The Morgan fingerprint density at radius 3 is 2.53 bits per heavy atom. The second-order valence-corrected chi connectivity index (χ2v) is 5.64. The number of hydrogen-bond donors (Lipinski definition) is 3. The lowest BCUT2D eigenvalue weighted by Gasteiger charge is -2.50. The van der Waals surface area contributed by atoms with Crippen LogP contribution in [0.5, 0.6) is 0 Å². The molecule has 0 spiro atoms. The molecule has 2 rings (SSSR count). The topological polar surface area (TPSA) is 58.3 Å². The summed E-state index contributed by atoms with van der Waals surface area (Å²) in [5, 5.41) is 14.1. The Morgan fingerprint density at radius 1 is 1.27 bits per heavy atom. The van der Waals surface area contributed by atoms with Crippen LogP contribution in [-0.4, -0.2) is 29.3 Å². The summed E-state index contributed by atoms with van der Waals surface area (Å²) in [7, 11) is 0. The number of nitrogens with two attached hydrogens (primary N) is 1.